The zero-order chi connectivity index (χ0) is 14.0. The fourth-order valence-electron chi connectivity index (χ4n) is 1.51. The van der Waals surface area contributed by atoms with Crippen molar-refractivity contribution in [2.24, 2.45) is 0 Å². The molecule has 1 aromatic heterocycles. The van der Waals surface area contributed by atoms with Crippen LogP contribution in [0, 0.1) is 15.9 Å². The number of nitrogens with one attached hydrogen (secondary N) is 1. The van der Waals surface area contributed by atoms with Gasteiger partial charge in [0.05, 0.1) is 9.82 Å². The lowest BCUT2D eigenvalue weighted by Gasteiger charge is -2.03. The Morgan fingerprint density at radius 2 is 2.32 bits per heavy atom. The number of para-hydroxylation sites is 1. The highest BCUT2D eigenvalue weighted by Crippen LogP contribution is 2.34. The highest BCUT2D eigenvalue weighted by Gasteiger charge is 2.22. The van der Waals surface area contributed by atoms with Crippen molar-refractivity contribution in [3.63, 3.8) is 0 Å². The van der Waals surface area contributed by atoms with Crippen LogP contribution < -0.4 is 5.69 Å². The number of nitrogens with zero attached hydrogens (tertiary/aromatic N) is 3. The third-order valence-electron chi connectivity index (χ3n) is 2.37. The second-order valence-corrected chi connectivity index (χ2v) is 4.51. The van der Waals surface area contributed by atoms with Crippen LogP contribution in [0.2, 0.25) is 0 Å². The maximum Gasteiger partial charge on any atom is 0.343 e. The minimum atomic E-state index is -0.920. The van der Waals surface area contributed by atoms with Crippen LogP contribution in [-0.2, 0) is 6.54 Å². The zero-order valence-corrected chi connectivity index (χ0v) is 10.6. The molecule has 0 saturated heterocycles. The Bertz CT molecular complexity index is 682. The molecule has 2 rings (SSSR count). The van der Waals surface area contributed by atoms with Gasteiger partial charge >= 0.3 is 11.4 Å². The van der Waals surface area contributed by atoms with Crippen LogP contribution in [-0.4, -0.2) is 19.7 Å². The lowest BCUT2D eigenvalue weighted by atomic mass is 10.3. The first-order valence-electron chi connectivity index (χ1n) is 5.30. The average molecular weight is 284 g/mol. The number of hydrogen-bond acceptors (Lipinski definition) is 5. The van der Waals surface area contributed by atoms with Gasteiger partial charge in [-0.05, 0) is 30.8 Å². The molecule has 1 aromatic carbocycles. The van der Waals surface area contributed by atoms with E-state index in [0.29, 0.717) is 6.54 Å². The normalized spacial score (nSPS) is 10.6. The quantitative estimate of drug-likeness (QED) is 0.682. The van der Waals surface area contributed by atoms with E-state index < -0.39 is 22.1 Å². The van der Waals surface area contributed by atoms with Gasteiger partial charge in [0, 0.05) is 6.54 Å². The molecule has 7 nitrogen and oxygen atoms in total. The summed E-state index contributed by atoms with van der Waals surface area (Å²) in [7, 11) is 0. The first-order chi connectivity index (χ1) is 9.04. The van der Waals surface area contributed by atoms with Gasteiger partial charge in [-0.2, -0.15) is 4.39 Å². The maximum atomic E-state index is 13.4. The molecular formula is C10H9FN4O3S. The number of aromatic amines is 1. The number of H-pyrrole nitrogens is 1. The molecule has 9 heteroatoms. The van der Waals surface area contributed by atoms with E-state index in [1.165, 1.54) is 16.7 Å². The van der Waals surface area contributed by atoms with Crippen LogP contribution in [0.5, 0.6) is 0 Å². The lowest BCUT2D eigenvalue weighted by Crippen LogP contribution is -2.16. The van der Waals surface area contributed by atoms with Gasteiger partial charge in [0.2, 0.25) is 5.82 Å². The van der Waals surface area contributed by atoms with Gasteiger partial charge in [0.25, 0.3) is 0 Å². The highest BCUT2D eigenvalue weighted by molar-refractivity contribution is 7.99. The maximum absolute atomic E-state index is 13.4. The summed E-state index contributed by atoms with van der Waals surface area (Å²) < 4.78 is 14.7. The summed E-state index contributed by atoms with van der Waals surface area (Å²) >= 11 is 0.868. The van der Waals surface area contributed by atoms with E-state index in [2.05, 4.69) is 10.2 Å². The predicted molar refractivity (Wildman–Crippen MR) is 65.7 cm³/mol. The number of hydrogen-bond donors (Lipinski definition) is 1. The Labute approximate surface area is 110 Å². The van der Waals surface area contributed by atoms with E-state index in [4.69, 9.17) is 0 Å². The lowest BCUT2D eigenvalue weighted by molar-refractivity contribution is -0.390. The summed E-state index contributed by atoms with van der Waals surface area (Å²) in [5, 5.41) is 17.1. The Hall–Kier alpha value is -2.16. The third kappa shape index (κ3) is 2.50. The molecule has 100 valence electrons. The van der Waals surface area contributed by atoms with Crippen molar-refractivity contribution < 1.29 is 9.31 Å². The molecule has 1 heterocycles. The van der Waals surface area contributed by atoms with E-state index in [1.807, 2.05) is 0 Å². The van der Waals surface area contributed by atoms with Crippen molar-refractivity contribution in [2.45, 2.75) is 23.5 Å². The number of nitro benzene ring substituents is 1. The predicted octanol–water partition coefficient (Wildman–Crippen LogP) is 1.79. The Morgan fingerprint density at radius 3 is 2.95 bits per heavy atom. The van der Waals surface area contributed by atoms with E-state index >= 15 is 0 Å². The summed E-state index contributed by atoms with van der Waals surface area (Å²) in [6.07, 6.45) is 0. The average Bonchev–Trinajstić information content (AvgIpc) is 2.69. The van der Waals surface area contributed by atoms with Gasteiger partial charge in [0.15, 0.2) is 5.16 Å². The molecule has 0 radical (unpaired) electrons. The van der Waals surface area contributed by atoms with Crippen LogP contribution in [0.15, 0.2) is 33.0 Å². The molecule has 1 N–H and O–H groups in total. The minimum Gasteiger partial charge on any atom is -0.270 e. The smallest absolute Gasteiger partial charge is 0.270 e. The number of aromatic nitrogens is 3. The van der Waals surface area contributed by atoms with Crippen molar-refractivity contribution >= 4 is 17.4 Å². The van der Waals surface area contributed by atoms with Crippen molar-refractivity contribution in [3.8, 4) is 0 Å². The van der Waals surface area contributed by atoms with Crippen LogP contribution in [0.3, 0.4) is 0 Å². The number of rotatable bonds is 4. The zero-order valence-electron chi connectivity index (χ0n) is 9.79. The fraction of sp³-hybridized carbons (Fsp3) is 0.200. The topological polar surface area (TPSA) is 93.8 Å². The van der Waals surface area contributed by atoms with Gasteiger partial charge in [-0.3, -0.25) is 14.7 Å². The van der Waals surface area contributed by atoms with Crippen molar-refractivity contribution in [1.29, 1.82) is 0 Å². The SMILES string of the molecule is CCn1c(Sc2cccc(F)c2[N+](=O)[O-])n[nH]c1=O. The Balaban J connectivity index is 2.47. The molecule has 0 atom stereocenters. The molecular weight excluding hydrogens is 275 g/mol. The van der Waals surface area contributed by atoms with Crippen LogP contribution in [0.1, 0.15) is 6.92 Å². The van der Waals surface area contributed by atoms with Gasteiger partial charge < -0.3 is 0 Å². The van der Waals surface area contributed by atoms with Crippen molar-refractivity contribution in [2.75, 3.05) is 0 Å². The molecule has 0 aliphatic heterocycles. The van der Waals surface area contributed by atoms with E-state index in [0.717, 1.165) is 17.8 Å². The standard InChI is InChI=1S/C10H9FN4O3S/c1-2-14-9(16)12-13-10(14)19-7-5-3-4-6(11)8(7)15(17)18/h3-5H,2H2,1H3,(H,12,16). The molecule has 0 aliphatic rings. The highest BCUT2D eigenvalue weighted by atomic mass is 32.2. The number of benzene rings is 1. The van der Waals surface area contributed by atoms with Gasteiger partial charge in [0.1, 0.15) is 0 Å². The summed E-state index contributed by atoms with van der Waals surface area (Å²) in [4.78, 5) is 21.5. The molecule has 19 heavy (non-hydrogen) atoms. The van der Waals surface area contributed by atoms with Gasteiger partial charge in [-0.25, -0.2) is 9.89 Å². The van der Waals surface area contributed by atoms with Crippen molar-refractivity contribution in [1.82, 2.24) is 14.8 Å². The second kappa shape index (κ2) is 5.22. The molecule has 0 aliphatic carbocycles. The Morgan fingerprint density at radius 1 is 1.58 bits per heavy atom. The van der Waals surface area contributed by atoms with E-state index in [1.54, 1.807) is 6.92 Å². The molecule has 0 unspecified atom stereocenters. The molecule has 0 spiro atoms. The Kier molecular flexibility index (Phi) is 3.65. The number of nitro groups is 1. The molecule has 0 bridgehead atoms. The monoisotopic (exact) mass is 284 g/mol. The van der Waals surface area contributed by atoms with Crippen LogP contribution in [0.25, 0.3) is 0 Å². The first kappa shape index (κ1) is 13.3. The minimum absolute atomic E-state index is 0.0960. The summed E-state index contributed by atoms with van der Waals surface area (Å²) in [5.74, 6) is -0.920. The summed E-state index contributed by atoms with van der Waals surface area (Å²) in [6.45, 7) is 2.10. The summed E-state index contributed by atoms with van der Waals surface area (Å²) in [5.41, 5.74) is -1.03. The van der Waals surface area contributed by atoms with Gasteiger partial charge in [-0.15, -0.1) is 5.10 Å². The third-order valence-corrected chi connectivity index (χ3v) is 3.42. The van der Waals surface area contributed by atoms with Gasteiger partial charge in [-0.1, -0.05) is 6.07 Å². The fourth-order valence-corrected chi connectivity index (χ4v) is 2.54. The van der Waals surface area contributed by atoms with E-state index in [9.17, 15) is 19.3 Å². The van der Waals surface area contributed by atoms with Crippen LogP contribution in [0.4, 0.5) is 10.1 Å². The molecule has 0 fully saturated rings. The number of halogens is 1. The van der Waals surface area contributed by atoms with E-state index in [-0.39, 0.29) is 10.1 Å². The first-order valence-corrected chi connectivity index (χ1v) is 6.12. The second-order valence-electron chi connectivity index (χ2n) is 3.50. The van der Waals surface area contributed by atoms with Crippen molar-refractivity contribution in [3.05, 3.63) is 44.6 Å². The molecule has 2 aromatic rings. The largest absolute Gasteiger partial charge is 0.343 e. The molecule has 0 amide bonds. The molecule has 0 saturated carbocycles. The summed E-state index contributed by atoms with van der Waals surface area (Å²) in [6, 6.07) is 3.79. The van der Waals surface area contributed by atoms with Crippen LogP contribution >= 0.6 is 11.8 Å².